The van der Waals surface area contributed by atoms with E-state index in [9.17, 15) is 5.11 Å². The van der Waals surface area contributed by atoms with Crippen molar-refractivity contribution >= 4 is 0 Å². The first-order valence-electron chi connectivity index (χ1n) is 15.1. The summed E-state index contributed by atoms with van der Waals surface area (Å²) in [5.74, 6) is 0.530. The number of unbranched alkanes of at least 4 members (excludes halogenated alkanes) is 20. The van der Waals surface area contributed by atoms with Gasteiger partial charge in [-0.2, -0.15) is 0 Å². The zero-order valence-corrected chi connectivity index (χ0v) is 22.6. The Balaban J connectivity index is 2.08. The standard InChI is InChI=1S/C32H58O/c1-3-5-7-9-11-13-15-17-19-21-23-26-30-27-25-29-32(33)31(30)28-24-22-20-18-16-14-12-10-8-6-4-2/h25,27,29,33H,3-24,26,28H2,1-2H3. The van der Waals surface area contributed by atoms with E-state index < -0.39 is 0 Å². The van der Waals surface area contributed by atoms with Crippen LogP contribution >= 0.6 is 0 Å². The van der Waals surface area contributed by atoms with Crippen LogP contribution in [0.1, 0.15) is 166 Å². The van der Waals surface area contributed by atoms with Crippen LogP contribution in [0.5, 0.6) is 5.75 Å². The lowest BCUT2D eigenvalue weighted by atomic mass is 9.95. The molecule has 0 unspecified atom stereocenters. The highest BCUT2D eigenvalue weighted by molar-refractivity contribution is 5.39. The molecule has 0 atom stereocenters. The minimum atomic E-state index is 0.530. The van der Waals surface area contributed by atoms with Gasteiger partial charge < -0.3 is 5.11 Å². The zero-order valence-electron chi connectivity index (χ0n) is 22.6. The van der Waals surface area contributed by atoms with Crippen LogP contribution in [0.4, 0.5) is 0 Å². The SMILES string of the molecule is CCCCCCCCCCCCCc1cccc(O)c1CCCCCCCCCCCCC. The van der Waals surface area contributed by atoms with Crippen molar-refractivity contribution in [3.05, 3.63) is 29.3 Å². The zero-order chi connectivity index (χ0) is 23.8. The first kappa shape index (κ1) is 30.1. The van der Waals surface area contributed by atoms with Crippen molar-refractivity contribution in [2.45, 2.75) is 168 Å². The molecule has 1 N–H and O–H groups in total. The van der Waals surface area contributed by atoms with Crippen LogP contribution in [0.2, 0.25) is 0 Å². The van der Waals surface area contributed by atoms with Crippen molar-refractivity contribution in [3.63, 3.8) is 0 Å². The fourth-order valence-corrected chi connectivity index (χ4v) is 5.09. The fraction of sp³-hybridized carbons (Fsp3) is 0.812. The number of hydrogen-bond donors (Lipinski definition) is 1. The predicted molar refractivity (Wildman–Crippen MR) is 148 cm³/mol. The molecule has 1 heteroatoms. The van der Waals surface area contributed by atoms with Gasteiger partial charge >= 0.3 is 0 Å². The van der Waals surface area contributed by atoms with E-state index in [4.69, 9.17) is 0 Å². The molecule has 1 nitrogen and oxygen atoms in total. The Labute approximate surface area is 208 Å². The van der Waals surface area contributed by atoms with E-state index in [0.717, 1.165) is 12.8 Å². The highest BCUT2D eigenvalue weighted by Gasteiger charge is 2.07. The minimum absolute atomic E-state index is 0.530. The van der Waals surface area contributed by atoms with E-state index in [1.54, 1.807) is 0 Å². The van der Waals surface area contributed by atoms with Crippen molar-refractivity contribution < 1.29 is 5.11 Å². The molecule has 0 bridgehead atoms. The van der Waals surface area contributed by atoms with Gasteiger partial charge in [0.05, 0.1) is 0 Å². The van der Waals surface area contributed by atoms with Gasteiger partial charge in [-0.3, -0.25) is 0 Å². The van der Waals surface area contributed by atoms with Crippen LogP contribution in [0.25, 0.3) is 0 Å². The number of phenolic OH excluding ortho intramolecular Hbond substituents is 1. The summed E-state index contributed by atoms with van der Waals surface area (Å²) in [4.78, 5) is 0. The predicted octanol–water partition coefficient (Wildman–Crippen LogP) is 11.1. The third kappa shape index (κ3) is 17.2. The Morgan fingerprint density at radius 2 is 0.818 bits per heavy atom. The summed E-state index contributed by atoms with van der Waals surface area (Å²) < 4.78 is 0. The van der Waals surface area contributed by atoms with Gasteiger partial charge in [0.25, 0.3) is 0 Å². The molecule has 1 aromatic carbocycles. The highest BCUT2D eigenvalue weighted by atomic mass is 16.3. The van der Waals surface area contributed by atoms with Gasteiger partial charge in [-0.25, -0.2) is 0 Å². The van der Waals surface area contributed by atoms with Crippen LogP contribution in [0, 0.1) is 0 Å². The second-order valence-corrected chi connectivity index (χ2v) is 10.5. The van der Waals surface area contributed by atoms with Crippen molar-refractivity contribution in [2.75, 3.05) is 0 Å². The molecule has 0 amide bonds. The van der Waals surface area contributed by atoms with Crippen LogP contribution in [0.15, 0.2) is 18.2 Å². The summed E-state index contributed by atoms with van der Waals surface area (Å²) in [6.07, 6.45) is 32.6. The van der Waals surface area contributed by atoms with Crippen LogP contribution < -0.4 is 0 Å². The van der Waals surface area contributed by atoms with Gasteiger partial charge in [0.2, 0.25) is 0 Å². The summed E-state index contributed by atoms with van der Waals surface area (Å²) in [6.45, 7) is 4.58. The Hall–Kier alpha value is -0.980. The summed E-state index contributed by atoms with van der Waals surface area (Å²) in [5, 5.41) is 10.4. The Kier molecular flexibility index (Phi) is 20.8. The molecule has 0 aliphatic carbocycles. The van der Waals surface area contributed by atoms with E-state index in [1.807, 2.05) is 12.1 Å². The normalized spacial score (nSPS) is 11.3. The molecule has 0 fully saturated rings. The van der Waals surface area contributed by atoms with E-state index in [1.165, 1.54) is 152 Å². The van der Waals surface area contributed by atoms with E-state index in [-0.39, 0.29) is 0 Å². The Morgan fingerprint density at radius 3 is 1.24 bits per heavy atom. The molecule has 0 spiro atoms. The van der Waals surface area contributed by atoms with Crippen molar-refractivity contribution in [3.8, 4) is 5.75 Å². The van der Waals surface area contributed by atoms with Crippen molar-refractivity contribution in [1.82, 2.24) is 0 Å². The lowest BCUT2D eigenvalue weighted by Gasteiger charge is -2.12. The number of phenols is 1. The van der Waals surface area contributed by atoms with Crippen LogP contribution in [-0.2, 0) is 12.8 Å². The van der Waals surface area contributed by atoms with Gasteiger partial charge in [0.1, 0.15) is 5.75 Å². The topological polar surface area (TPSA) is 20.2 Å². The Bertz CT molecular complexity index is 535. The lowest BCUT2D eigenvalue weighted by molar-refractivity contribution is 0.464. The summed E-state index contributed by atoms with van der Waals surface area (Å²) in [6, 6.07) is 6.18. The summed E-state index contributed by atoms with van der Waals surface area (Å²) >= 11 is 0. The van der Waals surface area contributed by atoms with Crippen LogP contribution in [0.3, 0.4) is 0 Å². The Morgan fingerprint density at radius 1 is 0.455 bits per heavy atom. The minimum Gasteiger partial charge on any atom is -0.508 e. The number of rotatable bonds is 24. The number of aromatic hydroxyl groups is 1. The molecule has 0 saturated carbocycles. The molecule has 0 aliphatic rings. The molecule has 192 valence electrons. The lowest BCUT2D eigenvalue weighted by Crippen LogP contribution is -1.96. The van der Waals surface area contributed by atoms with Crippen LogP contribution in [-0.4, -0.2) is 5.11 Å². The largest absolute Gasteiger partial charge is 0.508 e. The molecule has 1 aromatic rings. The summed E-state index contributed by atoms with van der Waals surface area (Å²) in [5.41, 5.74) is 2.64. The van der Waals surface area contributed by atoms with Crippen molar-refractivity contribution in [1.29, 1.82) is 0 Å². The van der Waals surface area contributed by atoms with Gasteiger partial charge in [-0.05, 0) is 42.9 Å². The van der Waals surface area contributed by atoms with Gasteiger partial charge in [0, 0.05) is 0 Å². The molecular weight excluding hydrogens is 400 g/mol. The summed E-state index contributed by atoms with van der Waals surface area (Å²) in [7, 11) is 0. The number of benzene rings is 1. The monoisotopic (exact) mass is 458 g/mol. The maximum atomic E-state index is 10.4. The fourth-order valence-electron chi connectivity index (χ4n) is 5.09. The molecule has 0 saturated heterocycles. The molecule has 0 aliphatic heterocycles. The van der Waals surface area contributed by atoms with E-state index in [2.05, 4.69) is 19.9 Å². The molecule has 1 rings (SSSR count). The average molecular weight is 459 g/mol. The quantitative estimate of drug-likeness (QED) is 0.153. The molecular formula is C32H58O. The van der Waals surface area contributed by atoms with E-state index >= 15 is 0 Å². The number of hydrogen-bond acceptors (Lipinski definition) is 1. The van der Waals surface area contributed by atoms with E-state index in [0.29, 0.717) is 5.75 Å². The third-order valence-electron chi connectivity index (χ3n) is 7.33. The smallest absolute Gasteiger partial charge is 0.119 e. The molecule has 0 heterocycles. The highest BCUT2D eigenvalue weighted by Crippen LogP contribution is 2.25. The first-order chi connectivity index (χ1) is 16.3. The molecule has 0 radical (unpaired) electrons. The van der Waals surface area contributed by atoms with Crippen molar-refractivity contribution in [2.24, 2.45) is 0 Å². The second-order valence-electron chi connectivity index (χ2n) is 10.5. The molecule has 33 heavy (non-hydrogen) atoms. The second kappa shape index (κ2) is 22.8. The van der Waals surface area contributed by atoms with Gasteiger partial charge in [-0.1, -0.05) is 154 Å². The maximum absolute atomic E-state index is 10.4. The average Bonchev–Trinajstić information content (AvgIpc) is 2.82. The first-order valence-corrected chi connectivity index (χ1v) is 15.1. The van der Waals surface area contributed by atoms with Gasteiger partial charge in [0.15, 0.2) is 0 Å². The maximum Gasteiger partial charge on any atom is 0.119 e. The number of aryl methyl sites for hydroxylation is 1. The molecule has 0 aromatic heterocycles. The van der Waals surface area contributed by atoms with Gasteiger partial charge in [-0.15, -0.1) is 0 Å². The third-order valence-corrected chi connectivity index (χ3v) is 7.33.